The molecule has 2 heterocycles. The molecule has 1 unspecified atom stereocenters. The van der Waals surface area contributed by atoms with Gasteiger partial charge in [0.1, 0.15) is 11.6 Å². The van der Waals surface area contributed by atoms with Crippen molar-refractivity contribution < 1.29 is 27.1 Å². The lowest BCUT2D eigenvalue weighted by molar-refractivity contribution is -0.146. The summed E-state index contributed by atoms with van der Waals surface area (Å²) >= 11 is 5.87. The molecule has 0 bridgehead atoms. The fraction of sp³-hybridized carbons (Fsp3) is 0.389. The zero-order chi connectivity index (χ0) is 21.2. The van der Waals surface area contributed by atoms with E-state index in [-0.39, 0.29) is 28.1 Å². The number of amides is 1. The summed E-state index contributed by atoms with van der Waals surface area (Å²) in [5, 5.41) is 6.92. The second-order valence-electron chi connectivity index (χ2n) is 6.76. The van der Waals surface area contributed by atoms with Crippen LogP contribution in [0.15, 0.2) is 24.3 Å². The quantitative estimate of drug-likeness (QED) is 0.685. The summed E-state index contributed by atoms with van der Waals surface area (Å²) in [4.78, 5) is 24.1. The minimum Gasteiger partial charge on any atom is -0.455 e. The zero-order valence-corrected chi connectivity index (χ0v) is 17.1. The third-order valence-electron chi connectivity index (χ3n) is 4.43. The molecule has 29 heavy (non-hydrogen) atoms. The number of aryl methyl sites for hydroxylation is 1. The van der Waals surface area contributed by atoms with Crippen molar-refractivity contribution in [2.24, 2.45) is 0 Å². The van der Waals surface area contributed by atoms with Gasteiger partial charge in [0.05, 0.1) is 29.7 Å². The minimum absolute atomic E-state index is 0.00396. The Morgan fingerprint density at radius 2 is 2.17 bits per heavy atom. The van der Waals surface area contributed by atoms with Crippen molar-refractivity contribution in [2.75, 3.05) is 23.4 Å². The van der Waals surface area contributed by atoms with Gasteiger partial charge in [0, 0.05) is 16.7 Å². The Morgan fingerprint density at radius 1 is 1.41 bits per heavy atom. The summed E-state index contributed by atoms with van der Waals surface area (Å²) in [5.41, 5.74) is 0.603. The van der Waals surface area contributed by atoms with Gasteiger partial charge < -0.3 is 10.1 Å². The van der Waals surface area contributed by atoms with Gasteiger partial charge in [-0.25, -0.2) is 17.5 Å². The van der Waals surface area contributed by atoms with Gasteiger partial charge >= 0.3 is 5.97 Å². The van der Waals surface area contributed by atoms with Crippen LogP contribution in [-0.4, -0.2) is 48.2 Å². The van der Waals surface area contributed by atoms with Crippen LogP contribution in [0.4, 0.5) is 10.2 Å². The van der Waals surface area contributed by atoms with Crippen LogP contribution in [0.5, 0.6) is 0 Å². The lowest BCUT2D eigenvalue weighted by Gasteiger charge is -2.14. The van der Waals surface area contributed by atoms with Crippen LogP contribution in [0, 0.1) is 12.7 Å². The first kappa shape index (κ1) is 21.3. The van der Waals surface area contributed by atoms with E-state index in [9.17, 15) is 22.4 Å². The number of rotatable bonds is 6. The third-order valence-corrected chi connectivity index (χ3v) is 6.53. The van der Waals surface area contributed by atoms with E-state index in [4.69, 9.17) is 16.3 Å². The molecule has 156 valence electrons. The van der Waals surface area contributed by atoms with E-state index in [1.54, 1.807) is 13.0 Å². The molecule has 3 rings (SSSR count). The molecule has 2 aromatic rings. The van der Waals surface area contributed by atoms with Crippen LogP contribution < -0.4 is 5.32 Å². The first-order valence-corrected chi connectivity index (χ1v) is 11.0. The van der Waals surface area contributed by atoms with Gasteiger partial charge in [-0.05, 0) is 25.5 Å². The van der Waals surface area contributed by atoms with Crippen molar-refractivity contribution in [1.29, 1.82) is 0 Å². The molecule has 1 aromatic carbocycles. The summed E-state index contributed by atoms with van der Waals surface area (Å²) in [5.74, 6) is -1.72. The Labute approximate surface area is 171 Å². The van der Waals surface area contributed by atoms with Crippen LogP contribution in [0.25, 0.3) is 0 Å². The smallest absolute Gasteiger partial charge is 0.310 e. The van der Waals surface area contributed by atoms with Crippen molar-refractivity contribution >= 4 is 39.1 Å². The van der Waals surface area contributed by atoms with Gasteiger partial charge in [-0.1, -0.05) is 17.7 Å². The Kier molecular flexibility index (Phi) is 6.23. The van der Waals surface area contributed by atoms with E-state index < -0.39 is 40.6 Å². The van der Waals surface area contributed by atoms with Gasteiger partial charge in [-0.15, -0.1) is 0 Å². The second-order valence-corrected chi connectivity index (χ2v) is 9.39. The maximum absolute atomic E-state index is 13.7. The average Bonchev–Trinajstić information content (AvgIpc) is 3.18. The lowest BCUT2D eigenvalue weighted by atomic mass is 10.1. The van der Waals surface area contributed by atoms with E-state index in [0.717, 1.165) is 0 Å². The van der Waals surface area contributed by atoms with E-state index in [1.165, 1.54) is 22.9 Å². The van der Waals surface area contributed by atoms with Gasteiger partial charge in [0.2, 0.25) is 0 Å². The lowest BCUT2D eigenvalue weighted by Crippen LogP contribution is -2.24. The molecule has 1 saturated heterocycles. The number of anilines is 1. The van der Waals surface area contributed by atoms with Gasteiger partial charge in [0.15, 0.2) is 16.4 Å². The van der Waals surface area contributed by atoms with Crippen LogP contribution in [-0.2, 0) is 30.6 Å². The topological polar surface area (TPSA) is 107 Å². The Hall–Kier alpha value is -2.46. The summed E-state index contributed by atoms with van der Waals surface area (Å²) in [6, 6.07) is 5.28. The fourth-order valence-electron chi connectivity index (χ4n) is 3.08. The van der Waals surface area contributed by atoms with Crippen molar-refractivity contribution in [3.63, 3.8) is 0 Å². The first-order valence-electron chi connectivity index (χ1n) is 8.79. The Morgan fingerprint density at radius 3 is 2.83 bits per heavy atom. The Balaban J connectivity index is 1.58. The van der Waals surface area contributed by atoms with Crippen LogP contribution in [0.3, 0.4) is 0 Å². The fourth-order valence-corrected chi connectivity index (χ4v) is 5.00. The highest BCUT2D eigenvalue weighted by Crippen LogP contribution is 2.27. The molecule has 0 aliphatic carbocycles. The molecule has 1 fully saturated rings. The van der Waals surface area contributed by atoms with Gasteiger partial charge in [0.25, 0.3) is 5.91 Å². The maximum Gasteiger partial charge on any atom is 0.310 e. The van der Waals surface area contributed by atoms with Gasteiger partial charge in [-0.2, -0.15) is 5.10 Å². The molecule has 11 heteroatoms. The van der Waals surface area contributed by atoms with Crippen molar-refractivity contribution in [1.82, 2.24) is 9.78 Å². The number of hydrogen-bond acceptors (Lipinski definition) is 6. The van der Waals surface area contributed by atoms with Gasteiger partial charge in [-0.3, -0.25) is 9.59 Å². The average molecular weight is 444 g/mol. The van der Waals surface area contributed by atoms with E-state index >= 15 is 0 Å². The molecule has 1 atom stereocenters. The molecular weight excluding hydrogens is 425 g/mol. The summed E-state index contributed by atoms with van der Waals surface area (Å²) < 4.78 is 43.5. The van der Waals surface area contributed by atoms with Crippen molar-refractivity contribution in [3.05, 3.63) is 46.4 Å². The molecule has 1 aliphatic rings. The molecule has 0 spiro atoms. The molecule has 1 amide bonds. The number of nitrogens with zero attached hydrogens (tertiary/aromatic N) is 2. The maximum atomic E-state index is 13.7. The largest absolute Gasteiger partial charge is 0.455 e. The molecule has 0 saturated carbocycles. The standard InChI is InChI=1S/C18H19ClFN3O5S/c1-11-7-16(23(22-11)12-5-6-29(26,27)10-12)21-17(24)9-28-18(25)8-13-14(19)3-2-4-15(13)20/h2-4,7,12H,5-6,8-10H2,1H3,(H,21,24). The summed E-state index contributed by atoms with van der Waals surface area (Å²) in [6.07, 6.45) is 0.000466. The van der Waals surface area contributed by atoms with E-state index in [2.05, 4.69) is 10.4 Å². The highest BCUT2D eigenvalue weighted by molar-refractivity contribution is 7.91. The third kappa shape index (κ3) is 5.33. The molecule has 1 N–H and O–H groups in total. The Bertz CT molecular complexity index is 1030. The number of aromatic nitrogens is 2. The number of esters is 1. The van der Waals surface area contributed by atoms with Crippen molar-refractivity contribution in [2.45, 2.75) is 25.8 Å². The number of hydrogen-bond donors (Lipinski definition) is 1. The number of benzene rings is 1. The molecule has 1 aliphatic heterocycles. The molecule has 1 aromatic heterocycles. The zero-order valence-electron chi connectivity index (χ0n) is 15.5. The predicted molar refractivity (Wildman–Crippen MR) is 104 cm³/mol. The first-order chi connectivity index (χ1) is 13.6. The highest BCUT2D eigenvalue weighted by atomic mass is 35.5. The van der Waals surface area contributed by atoms with E-state index in [0.29, 0.717) is 17.9 Å². The number of carbonyl (C=O) groups excluding carboxylic acids is 2. The summed E-state index contributed by atoms with van der Waals surface area (Å²) in [6.45, 7) is 1.13. The highest BCUT2D eigenvalue weighted by Gasteiger charge is 2.31. The SMILES string of the molecule is Cc1cc(NC(=O)COC(=O)Cc2c(F)cccc2Cl)n(C2CCS(=O)(=O)C2)n1. The van der Waals surface area contributed by atoms with E-state index in [1.807, 2.05) is 0 Å². The number of ether oxygens (including phenoxy) is 1. The van der Waals surface area contributed by atoms with Crippen molar-refractivity contribution in [3.8, 4) is 0 Å². The molecule has 8 nitrogen and oxygen atoms in total. The molecular formula is C18H19ClFN3O5S. The monoisotopic (exact) mass is 443 g/mol. The molecule has 0 radical (unpaired) electrons. The van der Waals surface area contributed by atoms with Crippen LogP contribution in [0.2, 0.25) is 5.02 Å². The predicted octanol–water partition coefficient (Wildman–Crippen LogP) is 2.07. The normalized spacial score (nSPS) is 17.8. The van der Waals surface area contributed by atoms with Crippen LogP contribution in [0.1, 0.15) is 23.7 Å². The number of carbonyl (C=O) groups is 2. The number of halogens is 2. The number of sulfone groups is 1. The summed E-state index contributed by atoms with van der Waals surface area (Å²) in [7, 11) is -3.12. The minimum atomic E-state index is -3.12. The number of nitrogens with one attached hydrogen (secondary N) is 1. The second kappa shape index (κ2) is 8.50. The van der Waals surface area contributed by atoms with Crippen LogP contribution >= 0.6 is 11.6 Å².